The molecule has 1 amide bonds. The zero-order valence-electron chi connectivity index (χ0n) is 30.7. The number of carbonyl (C=O) groups is 1. The molecule has 0 aliphatic rings. The Bertz CT molecular complexity index is 979. The summed E-state index contributed by atoms with van der Waals surface area (Å²) in [4.78, 5) is 12.3. The Kier molecular flexibility index (Phi) is 36.1. The molecule has 0 saturated heterocycles. The minimum absolute atomic E-state index is 0.116. The molecule has 48 heavy (non-hydrogen) atoms. The molecule has 4 heteroatoms. The van der Waals surface area contributed by atoms with Crippen LogP contribution in [0.15, 0.2) is 109 Å². The van der Waals surface area contributed by atoms with E-state index < -0.39 is 12.1 Å². The minimum atomic E-state index is -0.862. The maximum atomic E-state index is 12.3. The van der Waals surface area contributed by atoms with Crippen molar-refractivity contribution in [2.24, 2.45) is 0 Å². The van der Waals surface area contributed by atoms with E-state index in [1.54, 1.807) is 6.08 Å². The first-order valence-corrected chi connectivity index (χ1v) is 19.1. The van der Waals surface area contributed by atoms with Gasteiger partial charge in [-0.25, -0.2) is 0 Å². The summed E-state index contributed by atoms with van der Waals surface area (Å²) in [6.07, 6.45) is 58.9. The molecular weight excluding hydrogens is 590 g/mol. The lowest BCUT2D eigenvalue weighted by Gasteiger charge is -2.19. The van der Waals surface area contributed by atoms with Gasteiger partial charge in [0, 0.05) is 6.42 Å². The first-order valence-electron chi connectivity index (χ1n) is 19.1. The molecule has 0 saturated carbocycles. The summed E-state index contributed by atoms with van der Waals surface area (Å²) in [6, 6.07) is -0.651. The molecule has 0 heterocycles. The molecular formula is C44H71NO3. The molecule has 0 spiro atoms. The second kappa shape index (κ2) is 38.5. The largest absolute Gasteiger partial charge is 0.394 e. The summed E-state index contributed by atoms with van der Waals surface area (Å²) in [7, 11) is 0. The summed E-state index contributed by atoms with van der Waals surface area (Å²) >= 11 is 0. The number of aliphatic hydroxyl groups is 2. The summed E-state index contributed by atoms with van der Waals surface area (Å²) in [5.41, 5.74) is 0. The molecule has 0 aliphatic carbocycles. The molecule has 2 atom stereocenters. The van der Waals surface area contributed by atoms with Gasteiger partial charge >= 0.3 is 0 Å². The van der Waals surface area contributed by atoms with Gasteiger partial charge in [-0.15, -0.1) is 0 Å². The topological polar surface area (TPSA) is 69.6 Å². The van der Waals surface area contributed by atoms with Crippen LogP contribution in [0.1, 0.15) is 142 Å². The van der Waals surface area contributed by atoms with Gasteiger partial charge in [0.05, 0.1) is 18.8 Å². The van der Waals surface area contributed by atoms with E-state index in [0.29, 0.717) is 6.42 Å². The van der Waals surface area contributed by atoms with E-state index in [-0.39, 0.29) is 12.5 Å². The lowest BCUT2D eigenvalue weighted by molar-refractivity contribution is -0.123. The Morgan fingerprint density at radius 1 is 0.521 bits per heavy atom. The Balaban J connectivity index is 3.79. The van der Waals surface area contributed by atoms with Crippen molar-refractivity contribution in [2.45, 2.75) is 154 Å². The van der Waals surface area contributed by atoms with Gasteiger partial charge in [-0.2, -0.15) is 0 Å². The zero-order chi connectivity index (χ0) is 35.0. The third-order valence-electron chi connectivity index (χ3n) is 7.76. The lowest BCUT2D eigenvalue weighted by Crippen LogP contribution is -2.45. The first kappa shape index (κ1) is 45.0. The van der Waals surface area contributed by atoms with E-state index in [2.05, 4.69) is 116 Å². The second-order valence-corrected chi connectivity index (χ2v) is 12.3. The smallest absolute Gasteiger partial charge is 0.220 e. The van der Waals surface area contributed by atoms with Gasteiger partial charge in [-0.1, -0.05) is 162 Å². The van der Waals surface area contributed by atoms with Crippen LogP contribution < -0.4 is 5.32 Å². The highest BCUT2D eigenvalue weighted by molar-refractivity contribution is 5.76. The molecule has 270 valence electrons. The summed E-state index contributed by atoms with van der Waals surface area (Å²) in [5, 5.41) is 22.8. The maximum absolute atomic E-state index is 12.3. The van der Waals surface area contributed by atoms with Gasteiger partial charge in [0.15, 0.2) is 0 Å². The molecule has 0 rings (SSSR count). The average molecular weight is 662 g/mol. The van der Waals surface area contributed by atoms with Crippen LogP contribution in [0.5, 0.6) is 0 Å². The van der Waals surface area contributed by atoms with E-state index in [1.807, 2.05) is 6.08 Å². The highest BCUT2D eigenvalue weighted by Crippen LogP contribution is 2.09. The Morgan fingerprint density at radius 2 is 0.917 bits per heavy atom. The molecule has 0 radical (unpaired) electrons. The fourth-order valence-corrected chi connectivity index (χ4v) is 4.84. The molecule has 0 aromatic rings. The predicted molar refractivity (Wildman–Crippen MR) is 211 cm³/mol. The zero-order valence-corrected chi connectivity index (χ0v) is 30.7. The molecule has 0 fully saturated rings. The van der Waals surface area contributed by atoms with Gasteiger partial charge in [0.2, 0.25) is 5.91 Å². The lowest BCUT2D eigenvalue weighted by atomic mass is 10.1. The first-order chi connectivity index (χ1) is 23.7. The summed E-state index contributed by atoms with van der Waals surface area (Å²) in [6.45, 7) is 4.12. The van der Waals surface area contributed by atoms with Crippen molar-refractivity contribution in [2.75, 3.05) is 6.61 Å². The van der Waals surface area contributed by atoms with Gasteiger partial charge in [0.1, 0.15) is 0 Å². The highest BCUT2D eigenvalue weighted by Gasteiger charge is 2.17. The van der Waals surface area contributed by atoms with Crippen molar-refractivity contribution < 1.29 is 15.0 Å². The number of unbranched alkanes of at least 4 members (excludes halogenated alkanes) is 9. The van der Waals surface area contributed by atoms with Crippen LogP contribution in [0.3, 0.4) is 0 Å². The van der Waals surface area contributed by atoms with Gasteiger partial charge in [0.25, 0.3) is 0 Å². The SMILES string of the molecule is CC/C=C\C/C=C\C/C=C\C/C=C\C/C=C\C/C=C\C/C=C\C/C=C\CCCCC(=O)NC(CO)C(O)/C=C/CCCCCCCCC. The molecule has 0 aliphatic heterocycles. The van der Waals surface area contributed by atoms with Crippen LogP contribution >= 0.6 is 0 Å². The number of hydrogen-bond acceptors (Lipinski definition) is 3. The van der Waals surface area contributed by atoms with E-state index in [0.717, 1.165) is 83.5 Å². The molecule has 2 unspecified atom stereocenters. The van der Waals surface area contributed by atoms with Crippen molar-refractivity contribution in [3.05, 3.63) is 109 Å². The van der Waals surface area contributed by atoms with Gasteiger partial charge in [-0.3, -0.25) is 4.79 Å². The number of allylic oxidation sites excluding steroid dienone is 17. The monoisotopic (exact) mass is 662 g/mol. The molecule has 4 nitrogen and oxygen atoms in total. The summed E-state index contributed by atoms with van der Waals surface area (Å²) in [5.74, 6) is -0.116. The van der Waals surface area contributed by atoms with Crippen LogP contribution in [0.4, 0.5) is 0 Å². The van der Waals surface area contributed by atoms with Gasteiger partial charge < -0.3 is 15.5 Å². The molecule has 3 N–H and O–H groups in total. The number of rotatable bonds is 32. The van der Waals surface area contributed by atoms with Crippen molar-refractivity contribution in [1.82, 2.24) is 5.32 Å². The Hall–Kier alpha value is -2.95. The van der Waals surface area contributed by atoms with E-state index in [1.165, 1.54) is 38.5 Å². The predicted octanol–water partition coefficient (Wildman–Crippen LogP) is 11.7. The number of carbonyl (C=O) groups excluding carboxylic acids is 1. The Morgan fingerprint density at radius 3 is 1.38 bits per heavy atom. The maximum Gasteiger partial charge on any atom is 0.220 e. The molecule has 0 aromatic carbocycles. The van der Waals surface area contributed by atoms with Gasteiger partial charge in [-0.05, 0) is 83.5 Å². The molecule has 0 bridgehead atoms. The minimum Gasteiger partial charge on any atom is -0.394 e. The average Bonchev–Trinajstić information content (AvgIpc) is 3.09. The van der Waals surface area contributed by atoms with Crippen LogP contribution in [0.2, 0.25) is 0 Å². The normalized spacial score (nSPS) is 14.3. The molecule has 0 aromatic heterocycles. The van der Waals surface area contributed by atoms with Crippen LogP contribution in [0, 0.1) is 0 Å². The number of amides is 1. The Labute approximate surface area is 296 Å². The van der Waals surface area contributed by atoms with Crippen LogP contribution in [0.25, 0.3) is 0 Å². The fraction of sp³-hybridized carbons (Fsp3) is 0.568. The standard InChI is InChI=1S/C44H71NO3/c1-3-5-7-9-11-13-14-15-16-17-18-19-20-21-22-23-24-25-26-27-28-29-30-32-34-36-38-40-44(48)45-42(41-46)43(47)39-37-35-33-31-12-10-8-6-4-2/h5,7,11,13,15-16,18-19,21-22,24-25,27-28,30,32,37,39,42-43,46-47H,3-4,6,8-10,12,14,17,20,23,26,29,31,33-36,38,40-41H2,1-2H3,(H,45,48)/b7-5-,13-11-,16-15-,19-18-,22-21-,25-24-,28-27-,32-30-,39-37+. The van der Waals surface area contributed by atoms with Crippen molar-refractivity contribution in [3.8, 4) is 0 Å². The van der Waals surface area contributed by atoms with E-state index in [4.69, 9.17) is 0 Å². The quantitative estimate of drug-likeness (QED) is 0.0496. The van der Waals surface area contributed by atoms with Crippen molar-refractivity contribution in [1.29, 1.82) is 0 Å². The number of nitrogens with one attached hydrogen (secondary N) is 1. The van der Waals surface area contributed by atoms with Crippen molar-refractivity contribution in [3.63, 3.8) is 0 Å². The van der Waals surface area contributed by atoms with E-state index in [9.17, 15) is 15.0 Å². The fourth-order valence-electron chi connectivity index (χ4n) is 4.84. The van der Waals surface area contributed by atoms with Crippen LogP contribution in [-0.4, -0.2) is 34.9 Å². The third-order valence-corrected chi connectivity index (χ3v) is 7.76. The second-order valence-electron chi connectivity index (χ2n) is 12.3. The van der Waals surface area contributed by atoms with E-state index >= 15 is 0 Å². The van der Waals surface area contributed by atoms with Crippen LogP contribution in [-0.2, 0) is 4.79 Å². The third kappa shape index (κ3) is 34.4. The summed E-state index contributed by atoms with van der Waals surface area (Å²) < 4.78 is 0. The number of hydrogen-bond donors (Lipinski definition) is 3. The highest BCUT2D eigenvalue weighted by atomic mass is 16.3. The number of aliphatic hydroxyl groups excluding tert-OH is 2. The van der Waals surface area contributed by atoms with Crippen molar-refractivity contribution >= 4 is 5.91 Å².